The Kier molecular flexibility index (Phi) is 5.16. The maximum absolute atomic E-state index is 12.3. The molecule has 1 unspecified atom stereocenters. The Labute approximate surface area is 124 Å². The van der Waals surface area contributed by atoms with Crippen LogP contribution >= 0.6 is 0 Å². The summed E-state index contributed by atoms with van der Waals surface area (Å²) in [6.07, 6.45) is 0. The molecule has 0 spiro atoms. The fourth-order valence-electron chi connectivity index (χ4n) is 2.22. The molecule has 0 bridgehead atoms. The van der Waals surface area contributed by atoms with Gasteiger partial charge in [-0.25, -0.2) is 0 Å². The smallest absolute Gasteiger partial charge is 0.244 e. The van der Waals surface area contributed by atoms with E-state index in [-0.39, 0.29) is 17.9 Å². The monoisotopic (exact) mass is 291 g/mol. The molecule has 1 aromatic rings. The number of hydrogen-bond donors (Lipinski definition) is 2. The Morgan fingerprint density at radius 2 is 1.71 bits per heavy atom. The van der Waals surface area contributed by atoms with E-state index in [0.29, 0.717) is 26.3 Å². The molecule has 1 heterocycles. The van der Waals surface area contributed by atoms with Crippen LogP contribution < -0.4 is 10.6 Å². The lowest BCUT2D eigenvalue weighted by atomic mass is 10.2. The van der Waals surface area contributed by atoms with Gasteiger partial charge in [-0.15, -0.1) is 0 Å². The molecule has 1 aromatic carbocycles. The summed E-state index contributed by atoms with van der Waals surface area (Å²) < 4.78 is 5.24. The third-order valence-electron chi connectivity index (χ3n) is 3.28. The van der Waals surface area contributed by atoms with Crippen LogP contribution in [-0.4, -0.2) is 49.1 Å². The highest BCUT2D eigenvalue weighted by molar-refractivity contribution is 5.89. The van der Waals surface area contributed by atoms with E-state index >= 15 is 0 Å². The Bertz CT molecular complexity index is 495. The number of anilines is 2. The number of hydrogen-bond acceptors (Lipinski definition) is 4. The van der Waals surface area contributed by atoms with E-state index < -0.39 is 0 Å². The third kappa shape index (κ3) is 4.46. The molecule has 114 valence electrons. The average molecular weight is 291 g/mol. The van der Waals surface area contributed by atoms with Crippen molar-refractivity contribution in [2.24, 2.45) is 0 Å². The van der Waals surface area contributed by atoms with Gasteiger partial charge in [-0.05, 0) is 31.2 Å². The molecule has 1 saturated heterocycles. The Balaban J connectivity index is 1.90. The first-order valence-electron chi connectivity index (χ1n) is 7.07. The largest absolute Gasteiger partial charge is 0.378 e. The highest BCUT2D eigenvalue weighted by Gasteiger charge is 2.22. The summed E-state index contributed by atoms with van der Waals surface area (Å²) in [5.41, 5.74) is 1.58. The zero-order chi connectivity index (χ0) is 15.2. The summed E-state index contributed by atoms with van der Waals surface area (Å²) in [6.45, 7) is 5.81. The standard InChI is InChI=1S/C15H21N3O3/c1-11(15(20)18-7-9-21-10-8-18)16-13-3-5-14(6-4-13)17-12(2)19/h3-6,11,16H,7-10H2,1-2H3,(H,17,19). The highest BCUT2D eigenvalue weighted by atomic mass is 16.5. The molecule has 0 aliphatic carbocycles. The van der Waals surface area contributed by atoms with E-state index in [2.05, 4.69) is 10.6 Å². The molecule has 1 aliphatic heterocycles. The maximum Gasteiger partial charge on any atom is 0.244 e. The highest BCUT2D eigenvalue weighted by Crippen LogP contribution is 2.15. The van der Waals surface area contributed by atoms with Crippen LogP contribution in [0.5, 0.6) is 0 Å². The van der Waals surface area contributed by atoms with Crippen LogP contribution in [0.25, 0.3) is 0 Å². The van der Waals surface area contributed by atoms with Crippen molar-refractivity contribution in [1.29, 1.82) is 0 Å². The molecular weight excluding hydrogens is 270 g/mol. The summed E-state index contributed by atoms with van der Waals surface area (Å²) in [5.74, 6) is -0.0317. The van der Waals surface area contributed by atoms with Gasteiger partial charge in [0.2, 0.25) is 11.8 Å². The number of carbonyl (C=O) groups excluding carboxylic acids is 2. The van der Waals surface area contributed by atoms with E-state index in [4.69, 9.17) is 4.74 Å². The van der Waals surface area contributed by atoms with Crippen molar-refractivity contribution in [2.45, 2.75) is 19.9 Å². The minimum Gasteiger partial charge on any atom is -0.378 e. The fourth-order valence-corrected chi connectivity index (χ4v) is 2.22. The van der Waals surface area contributed by atoms with Crippen molar-refractivity contribution in [3.63, 3.8) is 0 Å². The van der Waals surface area contributed by atoms with Gasteiger partial charge in [-0.3, -0.25) is 9.59 Å². The third-order valence-corrected chi connectivity index (χ3v) is 3.28. The van der Waals surface area contributed by atoms with Crippen LogP contribution in [0.3, 0.4) is 0 Å². The molecule has 0 saturated carbocycles. The molecule has 1 atom stereocenters. The van der Waals surface area contributed by atoms with Crippen molar-refractivity contribution in [2.75, 3.05) is 36.9 Å². The summed E-state index contributed by atoms with van der Waals surface area (Å²) in [6, 6.07) is 6.99. The molecule has 2 N–H and O–H groups in total. The van der Waals surface area contributed by atoms with Crippen LogP contribution in [0.2, 0.25) is 0 Å². The minimum atomic E-state index is -0.297. The fraction of sp³-hybridized carbons (Fsp3) is 0.467. The Morgan fingerprint density at radius 1 is 1.14 bits per heavy atom. The van der Waals surface area contributed by atoms with Gasteiger partial charge >= 0.3 is 0 Å². The Hall–Kier alpha value is -2.08. The molecule has 2 rings (SSSR count). The van der Waals surface area contributed by atoms with E-state index in [0.717, 1.165) is 11.4 Å². The first-order chi connectivity index (χ1) is 10.1. The average Bonchev–Trinajstić information content (AvgIpc) is 2.49. The molecule has 1 aliphatic rings. The van der Waals surface area contributed by atoms with Gasteiger partial charge in [0.05, 0.1) is 13.2 Å². The van der Waals surface area contributed by atoms with Crippen LogP contribution in [-0.2, 0) is 14.3 Å². The van der Waals surface area contributed by atoms with Gasteiger partial charge in [-0.2, -0.15) is 0 Å². The molecule has 6 heteroatoms. The van der Waals surface area contributed by atoms with Crippen molar-refractivity contribution in [3.8, 4) is 0 Å². The van der Waals surface area contributed by atoms with E-state index in [9.17, 15) is 9.59 Å². The van der Waals surface area contributed by atoms with Crippen molar-refractivity contribution in [3.05, 3.63) is 24.3 Å². The lowest BCUT2D eigenvalue weighted by molar-refractivity contribution is -0.135. The predicted octanol–water partition coefficient (Wildman–Crippen LogP) is 1.30. The summed E-state index contributed by atoms with van der Waals surface area (Å²) in [5, 5.41) is 5.88. The van der Waals surface area contributed by atoms with Gasteiger partial charge in [0, 0.05) is 31.4 Å². The predicted molar refractivity (Wildman–Crippen MR) is 81.2 cm³/mol. The maximum atomic E-state index is 12.3. The molecule has 2 amide bonds. The van der Waals surface area contributed by atoms with Crippen LogP contribution in [0, 0.1) is 0 Å². The van der Waals surface area contributed by atoms with Crippen molar-refractivity contribution < 1.29 is 14.3 Å². The van der Waals surface area contributed by atoms with Crippen molar-refractivity contribution >= 4 is 23.2 Å². The Morgan fingerprint density at radius 3 is 2.29 bits per heavy atom. The molecule has 21 heavy (non-hydrogen) atoms. The second kappa shape index (κ2) is 7.08. The number of morpholine rings is 1. The topological polar surface area (TPSA) is 70.7 Å². The molecular formula is C15H21N3O3. The van der Waals surface area contributed by atoms with E-state index in [1.54, 1.807) is 12.1 Å². The van der Waals surface area contributed by atoms with E-state index in [1.165, 1.54) is 6.92 Å². The van der Waals surface area contributed by atoms with Crippen molar-refractivity contribution in [1.82, 2.24) is 4.90 Å². The second-order valence-corrected chi connectivity index (χ2v) is 5.06. The summed E-state index contributed by atoms with van der Waals surface area (Å²) in [7, 11) is 0. The van der Waals surface area contributed by atoms with Gasteiger partial charge in [0.25, 0.3) is 0 Å². The molecule has 0 radical (unpaired) electrons. The normalized spacial score (nSPS) is 16.2. The number of carbonyl (C=O) groups is 2. The van der Waals surface area contributed by atoms with E-state index in [1.807, 2.05) is 24.0 Å². The first kappa shape index (κ1) is 15.3. The number of benzene rings is 1. The van der Waals surface area contributed by atoms with Crippen LogP contribution in [0.15, 0.2) is 24.3 Å². The number of nitrogens with zero attached hydrogens (tertiary/aromatic N) is 1. The van der Waals surface area contributed by atoms with Gasteiger partial charge in [0.1, 0.15) is 6.04 Å². The van der Waals surface area contributed by atoms with Crippen LogP contribution in [0.1, 0.15) is 13.8 Å². The number of amides is 2. The zero-order valence-corrected chi connectivity index (χ0v) is 12.4. The summed E-state index contributed by atoms with van der Waals surface area (Å²) in [4.78, 5) is 25.0. The molecule has 0 aromatic heterocycles. The van der Waals surface area contributed by atoms with Gasteiger partial charge < -0.3 is 20.3 Å². The first-order valence-corrected chi connectivity index (χ1v) is 7.07. The number of nitrogens with one attached hydrogen (secondary N) is 2. The number of rotatable bonds is 4. The molecule has 1 fully saturated rings. The quantitative estimate of drug-likeness (QED) is 0.877. The number of ether oxygens (including phenoxy) is 1. The SMILES string of the molecule is CC(=O)Nc1ccc(NC(C)C(=O)N2CCOCC2)cc1. The summed E-state index contributed by atoms with van der Waals surface area (Å²) >= 11 is 0. The van der Waals surface area contributed by atoms with Gasteiger partial charge in [-0.1, -0.05) is 0 Å². The van der Waals surface area contributed by atoms with Crippen LogP contribution in [0.4, 0.5) is 11.4 Å². The minimum absolute atomic E-state index is 0.0734. The lowest BCUT2D eigenvalue weighted by Crippen LogP contribution is -2.46. The van der Waals surface area contributed by atoms with Gasteiger partial charge in [0.15, 0.2) is 0 Å². The second-order valence-electron chi connectivity index (χ2n) is 5.06. The lowest BCUT2D eigenvalue weighted by Gasteiger charge is -2.29. The zero-order valence-electron chi connectivity index (χ0n) is 12.4. The molecule has 6 nitrogen and oxygen atoms in total.